The summed E-state index contributed by atoms with van der Waals surface area (Å²) >= 11 is 1.35. The van der Waals surface area contributed by atoms with Gasteiger partial charge < -0.3 is 14.5 Å². The van der Waals surface area contributed by atoms with E-state index in [1.165, 1.54) is 30.1 Å². The fraction of sp³-hybridized carbons (Fsp3) is 0.292. The fourth-order valence-corrected chi connectivity index (χ4v) is 4.36. The minimum absolute atomic E-state index is 0.180. The van der Waals surface area contributed by atoms with E-state index < -0.39 is 12.1 Å². The van der Waals surface area contributed by atoms with Gasteiger partial charge in [0.05, 0.1) is 6.20 Å². The van der Waals surface area contributed by atoms with Gasteiger partial charge in [0.25, 0.3) is 5.91 Å². The largest absolute Gasteiger partial charge is 0.448 e. The Labute approximate surface area is 196 Å². The topological polar surface area (TPSA) is 67.7 Å². The van der Waals surface area contributed by atoms with Crippen LogP contribution in [0.25, 0.3) is 5.69 Å². The number of anilines is 1. The van der Waals surface area contributed by atoms with E-state index in [-0.39, 0.29) is 17.4 Å². The maximum absolute atomic E-state index is 13.4. The van der Waals surface area contributed by atoms with Crippen LogP contribution in [0.15, 0.2) is 66.0 Å². The summed E-state index contributed by atoms with van der Waals surface area (Å²) in [5.41, 5.74) is 1.89. The Hall–Kier alpha value is -3.33. The standard InChI is InChI=1S/C24H25FN4O3S/c1-17(22(30)28-14-12-27(13-15-28)19-6-4-3-5-7-19)32-23(31)21-16-26-24(33-2)29(21)20-10-8-18(25)9-11-20/h3-11,16-17H,12-15H2,1-2H3. The Morgan fingerprint density at radius 2 is 1.67 bits per heavy atom. The molecule has 33 heavy (non-hydrogen) atoms. The van der Waals surface area contributed by atoms with Gasteiger partial charge in [-0.2, -0.15) is 0 Å². The highest BCUT2D eigenvalue weighted by Crippen LogP contribution is 2.23. The molecule has 2 aromatic carbocycles. The molecule has 9 heteroatoms. The van der Waals surface area contributed by atoms with E-state index in [0.29, 0.717) is 37.0 Å². The smallest absolute Gasteiger partial charge is 0.357 e. The van der Waals surface area contributed by atoms with E-state index in [1.54, 1.807) is 28.5 Å². The number of hydrogen-bond donors (Lipinski definition) is 0. The number of amides is 1. The lowest BCUT2D eigenvalue weighted by Crippen LogP contribution is -2.51. The van der Waals surface area contributed by atoms with Crippen LogP contribution in [0.5, 0.6) is 0 Å². The monoisotopic (exact) mass is 468 g/mol. The average molecular weight is 469 g/mol. The van der Waals surface area contributed by atoms with Crippen LogP contribution in [0.1, 0.15) is 17.4 Å². The van der Waals surface area contributed by atoms with Crippen molar-refractivity contribution in [3.05, 3.63) is 72.3 Å². The number of aromatic nitrogens is 2. The quantitative estimate of drug-likeness (QED) is 0.407. The van der Waals surface area contributed by atoms with E-state index in [1.807, 2.05) is 24.5 Å². The number of piperazine rings is 1. The van der Waals surface area contributed by atoms with Gasteiger partial charge in [0.2, 0.25) is 0 Å². The first-order chi connectivity index (χ1) is 16.0. The summed E-state index contributed by atoms with van der Waals surface area (Å²) in [6.07, 6.45) is 2.31. The van der Waals surface area contributed by atoms with Crippen molar-refractivity contribution in [2.24, 2.45) is 0 Å². The lowest BCUT2D eigenvalue weighted by molar-refractivity contribution is -0.140. The number of imidazole rings is 1. The van der Waals surface area contributed by atoms with Gasteiger partial charge in [-0.05, 0) is 49.6 Å². The van der Waals surface area contributed by atoms with Gasteiger partial charge in [0, 0.05) is 37.6 Å². The molecule has 2 heterocycles. The second kappa shape index (κ2) is 10.1. The summed E-state index contributed by atoms with van der Waals surface area (Å²) in [4.78, 5) is 34.1. The molecule has 1 saturated heterocycles. The normalized spacial score (nSPS) is 14.8. The van der Waals surface area contributed by atoms with Crippen molar-refractivity contribution in [2.45, 2.75) is 18.2 Å². The van der Waals surface area contributed by atoms with Gasteiger partial charge in [-0.1, -0.05) is 30.0 Å². The van der Waals surface area contributed by atoms with Crippen molar-refractivity contribution in [3.8, 4) is 5.69 Å². The predicted molar refractivity (Wildman–Crippen MR) is 125 cm³/mol. The molecule has 3 aromatic rings. The molecular formula is C24H25FN4O3S. The van der Waals surface area contributed by atoms with Crippen LogP contribution in [0.3, 0.4) is 0 Å². The van der Waals surface area contributed by atoms with E-state index in [0.717, 1.165) is 5.69 Å². The van der Waals surface area contributed by atoms with Crippen LogP contribution in [-0.2, 0) is 9.53 Å². The highest BCUT2D eigenvalue weighted by atomic mass is 32.2. The minimum Gasteiger partial charge on any atom is -0.448 e. The highest BCUT2D eigenvalue weighted by molar-refractivity contribution is 7.98. The van der Waals surface area contributed by atoms with Crippen molar-refractivity contribution >= 4 is 29.3 Å². The zero-order valence-electron chi connectivity index (χ0n) is 18.5. The Kier molecular flexibility index (Phi) is 6.98. The summed E-state index contributed by atoms with van der Waals surface area (Å²) in [6, 6.07) is 15.8. The fourth-order valence-electron chi connectivity index (χ4n) is 3.81. The Morgan fingerprint density at radius 1 is 1.00 bits per heavy atom. The molecule has 0 N–H and O–H groups in total. The molecule has 0 bridgehead atoms. The molecule has 0 aliphatic carbocycles. The first-order valence-corrected chi connectivity index (χ1v) is 11.9. The second-order valence-corrected chi connectivity index (χ2v) is 8.41. The number of esters is 1. The highest BCUT2D eigenvalue weighted by Gasteiger charge is 2.29. The van der Waals surface area contributed by atoms with Gasteiger partial charge in [-0.25, -0.2) is 14.2 Å². The second-order valence-electron chi connectivity index (χ2n) is 7.64. The van der Waals surface area contributed by atoms with E-state index in [2.05, 4.69) is 22.0 Å². The third-order valence-electron chi connectivity index (χ3n) is 5.55. The molecule has 0 radical (unpaired) electrons. The molecule has 1 aromatic heterocycles. The van der Waals surface area contributed by atoms with Crippen molar-refractivity contribution in [1.82, 2.24) is 14.5 Å². The molecule has 4 rings (SSSR count). The molecule has 1 aliphatic rings. The van der Waals surface area contributed by atoms with E-state index >= 15 is 0 Å². The molecule has 1 fully saturated rings. The predicted octanol–water partition coefficient (Wildman–Crippen LogP) is 3.63. The summed E-state index contributed by atoms with van der Waals surface area (Å²) in [7, 11) is 0. The Balaban J connectivity index is 1.41. The lowest BCUT2D eigenvalue weighted by Gasteiger charge is -2.37. The maximum Gasteiger partial charge on any atom is 0.357 e. The molecule has 0 saturated carbocycles. The minimum atomic E-state index is -0.935. The van der Waals surface area contributed by atoms with Gasteiger partial charge in [0.1, 0.15) is 5.82 Å². The molecule has 1 amide bonds. The number of ether oxygens (including phenoxy) is 1. The molecule has 1 unspecified atom stereocenters. The van der Waals surface area contributed by atoms with Crippen LogP contribution in [0.4, 0.5) is 10.1 Å². The third kappa shape index (κ3) is 5.03. The molecule has 1 atom stereocenters. The number of nitrogens with zero attached hydrogens (tertiary/aromatic N) is 4. The van der Waals surface area contributed by atoms with Crippen molar-refractivity contribution < 1.29 is 18.7 Å². The van der Waals surface area contributed by atoms with Gasteiger partial charge in [-0.3, -0.25) is 9.36 Å². The number of thioether (sulfide) groups is 1. The molecular weight excluding hydrogens is 443 g/mol. The number of rotatable bonds is 6. The summed E-state index contributed by atoms with van der Waals surface area (Å²) < 4.78 is 20.5. The summed E-state index contributed by atoms with van der Waals surface area (Å²) in [6.45, 7) is 4.12. The molecule has 172 valence electrons. The lowest BCUT2D eigenvalue weighted by atomic mass is 10.2. The SMILES string of the molecule is CSc1ncc(C(=O)OC(C)C(=O)N2CCN(c3ccccc3)CC2)n1-c1ccc(F)cc1. The first-order valence-electron chi connectivity index (χ1n) is 10.7. The summed E-state index contributed by atoms with van der Waals surface area (Å²) in [5.74, 6) is -1.26. The van der Waals surface area contributed by atoms with Crippen molar-refractivity contribution in [1.29, 1.82) is 0 Å². The van der Waals surface area contributed by atoms with Crippen LogP contribution in [-0.4, -0.2) is 64.9 Å². The van der Waals surface area contributed by atoms with Crippen LogP contribution in [0, 0.1) is 5.82 Å². The summed E-state index contributed by atoms with van der Waals surface area (Å²) in [5, 5.41) is 0.560. The zero-order chi connectivity index (χ0) is 23.4. The molecule has 7 nitrogen and oxygen atoms in total. The Morgan fingerprint density at radius 3 is 2.30 bits per heavy atom. The molecule has 1 aliphatic heterocycles. The first kappa shape index (κ1) is 22.8. The van der Waals surface area contributed by atoms with E-state index in [4.69, 9.17) is 4.74 Å². The Bertz CT molecular complexity index is 1110. The van der Waals surface area contributed by atoms with Crippen LogP contribution < -0.4 is 4.90 Å². The number of para-hydroxylation sites is 1. The van der Waals surface area contributed by atoms with Gasteiger partial charge >= 0.3 is 5.97 Å². The number of benzene rings is 2. The van der Waals surface area contributed by atoms with Crippen LogP contribution >= 0.6 is 11.8 Å². The van der Waals surface area contributed by atoms with Crippen LogP contribution in [0.2, 0.25) is 0 Å². The van der Waals surface area contributed by atoms with Crippen molar-refractivity contribution in [2.75, 3.05) is 37.3 Å². The van der Waals surface area contributed by atoms with Gasteiger partial charge in [-0.15, -0.1) is 0 Å². The zero-order valence-corrected chi connectivity index (χ0v) is 19.3. The van der Waals surface area contributed by atoms with Gasteiger partial charge in [0.15, 0.2) is 17.0 Å². The molecule has 0 spiro atoms. The number of halogens is 1. The van der Waals surface area contributed by atoms with E-state index in [9.17, 15) is 14.0 Å². The van der Waals surface area contributed by atoms with Crippen molar-refractivity contribution in [3.63, 3.8) is 0 Å². The number of carbonyl (C=O) groups is 2. The number of carbonyl (C=O) groups excluding carboxylic acids is 2. The average Bonchev–Trinajstić information content (AvgIpc) is 3.29. The number of hydrogen-bond acceptors (Lipinski definition) is 6. The maximum atomic E-state index is 13.4. The third-order valence-corrected chi connectivity index (χ3v) is 6.20.